The van der Waals surface area contributed by atoms with Gasteiger partial charge in [-0.05, 0) is 31.0 Å². The summed E-state index contributed by atoms with van der Waals surface area (Å²) in [5.74, 6) is 0.618. The van der Waals surface area contributed by atoms with Crippen LogP contribution >= 0.6 is 11.3 Å². The Morgan fingerprint density at radius 2 is 2.32 bits per heavy atom. The largest absolute Gasteiger partial charge is 0.482 e. The van der Waals surface area contributed by atoms with Gasteiger partial charge < -0.3 is 10.1 Å². The second kappa shape index (κ2) is 4.66. The van der Waals surface area contributed by atoms with Crippen LogP contribution in [0.2, 0.25) is 0 Å². The molecule has 1 aliphatic heterocycles. The van der Waals surface area contributed by atoms with Gasteiger partial charge in [0.25, 0.3) is 5.91 Å². The Morgan fingerprint density at radius 3 is 3.05 bits per heavy atom. The lowest BCUT2D eigenvalue weighted by molar-refractivity contribution is -0.118. The van der Waals surface area contributed by atoms with Crippen molar-refractivity contribution in [2.24, 2.45) is 0 Å². The minimum Gasteiger partial charge on any atom is -0.482 e. The van der Waals surface area contributed by atoms with E-state index < -0.39 is 0 Å². The number of aryl methyl sites for hydroxylation is 1. The summed E-state index contributed by atoms with van der Waals surface area (Å²) >= 11 is 1.66. The summed E-state index contributed by atoms with van der Waals surface area (Å²) in [6, 6.07) is 3.89. The maximum Gasteiger partial charge on any atom is 0.262 e. The minimum atomic E-state index is -0.111. The molecule has 3 rings (SSSR count). The van der Waals surface area contributed by atoms with Crippen molar-refractivity contribution >= 4 is 22.9 Å². The summed E-state index contributed by atoms with van der Waals surface area (Å²) in [7, 11) is 0. The van der Waals surface area contributed by atoms with Gasteiger partial charge in [0.15, 0.2) is 6.61 Å². The summed E-state index contributed by atoms with van der Waals surface area (Å²) in [6.07, 6.45) is 0.939. The number of rotatable bonds is 2. The van der Waals surface area contributed by atoms with E-state index in [0.29, 0.717) is 0 Å². The molecule has 1 aliphatic rings. The number of ether oxygens (including phenoxy) is 1. The monoisotopic (exact) mass is 274 g/mol. The number of anilines is 1. The predicted molar refractivity (Wildman–Crippen MR) is 75.8 cm³/mol. The molecule has 1 aromatic carbocycles. The van der Waals surface area contributed by atoms with Gasteiger partial charge in [0.05, 0.1) is 16.4 Å². The van der Waals surface area contributed by atoms with E-state index in [1.165, 1.54) is 0 Å². The van der Waals surface area contributed by atoms with Crippen LogP contribution < -0.4 is 10.1 Å². The number of nitrogens with zero attached hydrogens (tertiary/aromatic N) is 1. The molecule has 0 unspecified atom stereocenters. The van der Waals surface area contributed by atoms with Gasteiger partial charge in [-0.2, -0.15) is 0 Å². The molecular weight excluding hydrogens is 260 g/mol. The van der Waals surface area contributed by atoms with Gasteiger partial charge in [-0.25, -0.2) is 4.98 Å². The van der Waals surface area contributed by atoms with Crippen LogP contribution in [0.3, 0.4) is 0 Å². The van der Waals surface area contributed by atoms with Crippen LogP contribution in [0.1, 0.15) is 17.5 Å². The van der Waals surface area contributed by atoms with Crippen molar-refractivity contribution < 1.29 is 9.53 Å². The van der Waals surface area contributed by atoms with E-state index in [1.54, 1.807) is 11.3 Å². The quantitative estimate of drug-likeness (QED) is 0.915. The van der Waals surface area contributed by atoms with E-state index in [2.05, 4.69) is 22.6 Å². The average molecular weight is 274 g/mol. The first-order valence-corrected chi connectivity index (χ1v) is 7.08. The standard InChI is InChI=1S/C14H14N2O2S/c1-3-13-15-10(7-19-13)9-4-5-11-14(8(9)2)16-12(17)6-18-11/h4-5,7H,3,6H2,1-2H3,(H,16,17). The van der Waals surface area contributed by atoms with Crippen LogP contribution in [-0.2, 0) is 11.2 Å². The molecule has 0 saturated heterocycles. The Balaban J connectivity index is 2.08. The molecule has 98 valence electrons. The Labute approximate surface area is 115 Å². The summed E-state index contributed by atoms with van der Waals surface area (Å²) < 4.78 is 5.40. The van der Waals surface area contributed by atoms with Crippen molar-refractivity contribution in [2.75, 3.05) is 11.9 Å². The molecule has 0 aliphatic carbocycles. The zero-order chi connectivity index (χ0) is 13.4. The first-order valence-electron chi connectivity index (χ1n) is 6.20. The number of amides is 1. The van der Waals surface area contributed by atoms with Gasteiger partial charge in [-0.3, -0.25) is 4.79 Å². The predicted octanol–water partition coefficient (Wildman–Crippen LogP) is 3.01. The van der Waals surface area contributed by atoms with Gasteiger partial charge in [0.2, 0.25) is 0 Å². The van der Waals surface area contributed by atoms with Gasteiger partial charge >= 0.3 is 0 Å². The fourth-order valence-corrected chi connectivity index (χ4v) is 2.90. The highest BCUT2D eigenvalue weighted by Gasteiger charge is 2.20. The van der Waals surface area contributed by atoms with Gasteiger partial charge in [0, 0.05) is 10.9 Å². The fourth-order valence-electron chi connectivity index (χ4n) is 2.16. The smallest absolute Gasteiger partial charge is 0.262 e. The first kappa shape index (κ1) is 12.2. The molecule has 4 nitrogen and oxygen atoms in total. The molecular formula is C14H14N2O2S. The van der Waals surface area contributed by atoms with Gasteiger partial charge in [0.1, 0.15) is 5.75 Å². The zero-order valence-corrected chi connectivity index (χ0v) is 11.6. The third kappa shape index (κ3) is 2.10. The molecule has 0 fully saturated rings. The number of aromatic nitrogens is 1. The lowest BCUT2D eigenvalue weighted by Gasteiger charge is -2.21. The lowest BCUT2D eigenvalue weighted by Crippen LogP contribution is -2.26. The van der Waals surface area contributed by atoms with E-state index in [-0.39, 0.29) is 12.5 Å². The molecule has 1 N–H and O–H groups in total. The molecule has 19 heavy (non-hydrogen) atoms. The molecule has 0 spiro atoms. The molecule has 0 bridgehead atoms. The van der Waals surface area contributed by atoms with E-state index in [9.17, 15) is 4.79 Å². The molecule has 5 heteroatoms. The maximum atomic E-state index is 11.4. The number of thiazole rings is 1. The average Bonchev–Trinajstić information content (AvgIpc) is 2.88. The summed E-state index contributed by atoms with van der Waals surface area (Å²) in [4.78, 5) is 16.0. The molecule has 0 saturated carbocycles. The topological polar surface area (TPSA) is 51.2 Å². The Morgan fingerprint density at radius 1 is 1.47 bits per heavy atom. The van der Waals surface area contributed by atoms with Crippen molar-refractivity contribution in [2.45, 2.75) is 20.3 Å². The minimum absolute atomic E-state index is 0.0858. The number of nitrogens with one attached hydrogen (secondary N) is 1. The van der Waals surface area contributed by atoms with Crippen LogP contribution in [0, 0.1) is 6.92 Å². The van der Waals surface area contributed by atoms with E-state index in [4.69, 9.17) is 4.74 Å². The summed E-state index contributed by atoms with van der Waals surface area (Å²) in [5.41, 5.74) is 3.76. The van der Waals surface area contributed by atoms with Crippen molar-refractivity contribution in [1.82, 2.24) is 4.98 Å². The van der Waals surface area contributed by atoms with Crippen molar-refractivity contribution in [1.29, 1.82) is 0 Å². The molecule has 0 radical (unpaired) electrons. The zero-order valence-electron chi connectivity index (χ0n) is 10.8. The first-order chi connectivity index (χ1) is 9.19. The molecule has 1 amide bonds. The summed E-state index contributed by atoms with van der Waals surface area (Å²) in [5, 5.41) is 6.04. The van der Waals surface area contributed by atoms with E-state index in [0.717, 1.165) is 39.7 Å². The van der Waals surface area contributed by atoms with E-state index >= 15 is 0 Å². The molecule has 2 heterocycles. The van der Waals surface area contributed by atoms with Crippen LogP contribution in [0.25, 0.3) is 11.3 Å². The molecule has 1 aromatic heterocycles. The number of hydrogen-bond acceptors (Lipinski definition) is 4. The second-order valence-electron chi connectivity index (χ2n) is 4.43. The number of carbonyl (C=O) groups is 1. The van der Waals surface area contributed by atoms with Crippen molar-refractivity contribution in [3.05, 3.63) is 28.1 Å². The van der Waals surface area contributed by atoms with Gasteiger partial charge in [-0.1, -0.05) is 6.92 Å². The highest BCUT2D eigenvalue weighted by atomic mass is 32.1. The van der Waals surface area contributed by atoms with Crippen LogP contribution in [0.15, 0.2) is 17.5 Å². The lowest BCUT2D eigenvalue weighted by atomic mass is 10.0. The SMILES string of the molecule is CCc1nc(-c2ccc3c(c2C)NC(=O)CO3)cs1. The number of hydrogen-bond donors (Lipinski definition) is 1. The Bertz CT molecular complexity index is 649. The molecule has 0 atom stereocenters. The highest BCUT2D eigenvalue weighted by Crippen LogP contribution is 2.37. The van der Waals surface area contributed by atoms with Crippen LogP contribution in [-0.4, -0.2) is 17.5 Å². The highest BCUT2D eigenvalue weighted by molar-refractivity contribution is 7.09. The Kier molecular flexibility index (Phi) is 2.98. The number of carbonyl (C=O) groups excluding carboxylic acids is 1. The third-order valence-corrected chi connectivity index (χ3v) is 4.17. The fraction of sp³-hybridized carbons (Fsp3) is 0.286. The maximum absolute atomic E-state index is 11.4. The third-order valence-electron chi connectivity index (χ3n) is 3.18. The van der Waals surface area contributed by atoms with Crippen molar-refractivity contribution in [3.8, 4) is 17.0 Å². The van der Waals surface area contributed by atoms with E-state index in [1.807, 2.05) is 19.1 Å². The van der Waals surface area contributed by atoms with Crippen LogP contribution in [0.5, 0.6) is 5.75 Å². The number of benzene rings is 1. The number of fused-ring (bicyclic) bond motifs is 1. The summed E-state index contributed by atoms with van der Waals surface area (Å²) in [6.45, 7) is 4.16. The van der Waals surface area contributed by atoms with Gasteiger partial charge in [-0.15, -0.1) is 11.3 Å². The molecule has 2 aromatic rings. The second-order valence-corrected chi connectivity index (χ2v) is 5.37. The van der Waals surface area contributed by atoms with Crippen LogP contribution in [0.4, 0.5) is 5.69 Å². The normalized spacial score (nSPS) is 13.7. The Hall–Kier alpha value is -1.88. The van der Waals surface area contributed by atoms with Crippen molar-refractivity contribution in [3.63, 3.8) is 0 Å².